The Morgan fingerprint density at radius 1 is 1.15 bits per heavy atom. The van der Waals surface area contributed by atoms with Crippen LogP contribution in [0.4, 0.5) is 19.0 Å². The van der Waals surface area contributed by atoms with Crippen molar-refractivity contribution in [3.05, 3.63) is 47.7 Å². The topological polar surface area (TPSA) is 135 Å². The molecule has 2 aromatic heterocycles. The van der Waals surface area contributed by atoms with E-state index in [0.29, 0.717) is 55.5 Å². The monoisotopic (exact) mass is 656 g/mol. The highest BCUT2D eigenvalue weighted by molar-refractivity contribution is 7.89. The van der Waals surface area contributed by atoms with E-state index >= 15 is 4.39 Å². The van der Waals surface area contributed by atoms with E-state index in [2.05, 4.69) is 19.9 Å². The standard InChI is InChI=1S/C32H35F3N6O4S/c1-18-25(34)6-5-20-10-22(42)11-23(26(18)20)28-27(35)29-24(13-37-28)30(40-8-2-4-19(14-40)16-46(36,43)44)39-31(38-29)45-17-32-7-3-9-41(32)15-21(33)12-32/h5-6,10-11,13,19,21,42H,2-4,7-9,12,14-17H2,1H3,(H2,36,43,44)/t19?,21-,32+/m1/s1. The molecule has 0 amide bonds. The van der Waals surface area contributed by atoms with Crippen molar-refractivity contribution >= 4 is 37.5 Å². The Balaban J connectivity index is 1.35. The molecule has 1 unspecified atom stereocenters. The molecule has 46 heavy (non-hydrogen) atoms. The van der Waals surface area contributed by atoms with Gasteiger partial charge in [0.25, 0.3) is 0 Å². The van der Waals surface area contributed by atoms with Crippen molar-refractivity contribution in [3.8, 4) is 23.0 Å². The lowest BCUT2D eigenvalue weighted by atomic mass is 9.95. The maximum atomic E-state index is 16.7. The fraction of sp³-hybridized carbons (Fsp3) is 0.469. The summed E-state index contributed by atoms with van der Waals surface area (Å²) >= 11 is 0. The second-order valence-corrected chi connectivity index (χ2v) is 14.6. The van der Waals surface area contributed by atoms with E-state index in [1.165, 1.54) is 30.5 Å². The number of benzene rings is 2. The summed E-state index contributed by atoms with van der Waals surface area (Å²) in [5, 5.41) is 17.0. The summed E-state index contributed by atoms with van der Waals surface area (Å²) in [6.07, 6.45) is 3.79. The number of nitrogens with zero attached hydrogens (tertiary/aromatic N) is 5. The molecule has 0 aliphatic carbocycles. The van der Waals surface area contributed by atoms with Crippen molar-refractivity contribution in [2.24, 2.45) is 11.1 Å². The van der Waals surface area contributed by atoms with Crippen LogP contribution in [0.25, 0.3) is 32.9 Å². The minimum atomic E-state index is -3.72. The van der Waals surface area contributed by atoms with Gasteiger partial charge in [-0.15, -0.1) is 0 Å². The number of aromatic hydroxyl groups is 1. The number of aryl methyl sites for hydroxylation is 1. The minimum Gasteiger partial charge on any atom is -0.508 e. The summed E-state index contributed by atoms with van der Waals surface area (Å²) in [5.74, 6) is -1.57. The molecule has 3 saturated heterocycles. The number of ether oxygens (including phenoxy) is 1. The normalized spacial score (nSPS) is 23.8. The number of hydrogen-bond acceptors (Lipinski definition) is 9. The van der Waals surface area contributed by atoms with E-state index in [0.717, 1.165) is 19.4 Å². The first-order chi connectivity index (χ1) is 21.9. The van der Waals surface area contributed by atoms with Gasteiger partial charge in [-0.1, -0.05) is 6.07 Å². The molecular formula is C32H35F3N6O4S. The highest BCUT2D eigenvalue weighted by Crippen LogP contribution is 2.42. The maximum Gasteiger partial charge on any atom is 0.319 e. The largest absolute Gasteiger partial charge is 0.508 e. The zero-order valence-corrected chi connectivity index (χ0v) is 26.2. The summed E-state index contributed by atoms with van der Waals surface area (Å²) in [6.45, 7) is 3.65. The van der Waals surface area contributed by atoms with Gasteiger partial charge < -0.3 is 14.7 Å². The molecule has 14 heteroatoms. The third-order valence-electron chi connectivity index (χ3n) is 9.71. The van der Waals surface area contributed by atoms with E-state index in [1.807, 2.05) is 4.90 Å². The van der Waals surface area contributed by atoms with Gasteiger partial charge >= 0.3 is 6.01 Å². The van der Waals surface area contributed by atoms with Crippen molar-refractivity contribution in [1.29, 1.82) is 0 Å². The van der Waals surface area contributed by atoms with Crippen LogP contribution in [-0.4, -0.2) is 83.6 Å². The number of anilines is 1. The van der Waals surface area contributed by atoms with E-state index in [-0.39, 0.29) is 57.8 Å². The van der Waals surface area contributed by atoms with Gasteiger partial charge in [0.15, 0.2) is 5.82 Å². The molecule has 3 aliphatic rings. The number of aromatic nitrogens is 3. The molecule has 0 saturated carbocycles. The van der Waals surface area contributed by atoms with Gasteiger partial charge in [-0.05, 0) is 79.6 Å². The number of pyridine rings is 1. The first kappa shape index (κ1) is 30.9. The average molecular weight is 657 g/mol. The van der Waals surface area contributed by atoms with Gasteiger partial charge in [-0.3, -0.25) is 9.88 Å². The number of nitrogens with two attached hydrogens (primary N) is 1. The van der Waals surface area contributed by atoms with Crippen LogP contribution in [0, 0.1) is 24.5 Å². The van der Waals surface area contributed by atoms with Crippen molar-refractivity contribution in [3.63, 3.8) is 0 Å². The predicted molar refractivity (Wildman–Crippen MR) is 168 cm³/mol. The van der Waals surface area contributed by atoms with Gasteiger partial charge in [0, 0.05) is 37.8 Å². The molecule has 3 aliphatic heterocycles. The van der Waals surface area contributed by atoms with Gasteiger partial charge in [0.05, 0.1) is 16.7 Å². The fourth-order valence-electron chi connectivity index (χ4n) is 7.68. The molecule has 244 valence electrons. The minimum absolute atomic E-state index is 0.0975. The Morgan fingerprint density at radius 3 is 2.78 bits per heavy atom. The molecule has 10 nitrogen and oxygen atoms in total. The average Bonchev–Trinajstić information content (AvgIpc) is 3.52. The van der Waals surface area contributed by atoms with Crippen molar-refractivity contribution in [2.75, 3.05) is 43.4 Å². The van der Waals surface area contributed by atoms with Crippen LogP contribution < -0.4 is 14.8 Å². The molecule has 3 atom stereocenters. The lowest BCUT2D eigenvalue weighted by Gasteiger charge is -2.34. The number of fused-ring (bicyclic) bond motifs is 3. The fourth-order valence-corrected chi connectivity index (χ4v) is 8.61. The Kier molecular flexibility index (Phi) is 7.72. The molecule has 4 aromatic rings. The van der Waals surface area contributed by atoms with Gasteiger partial charge in [-0.25, -0.2) is 26.7 Å². The number of rotatable bonds is 7. The van der Waals surface area contributed by atoms with Crippen LogP contribution in [0.5, 0.6) is 11.8 Å². The number of primary sulfonamides is 1. The van der Waals surface area contributed by atoms with E-state index in [9.17, 15) is 22.3 Å². The number of phenolic OH excluding ortho intramolecular Hbond substituents is 1. The second-order valence-electron chi connectivity index (χ2n) is 12.9. The number of halogens is 3. The Bertz CT molecular complexity index is 1960. The first-order valence-corrected chi connectivity index (χ1v) is 17.2. The molecule has 0 bridgehead atoms. The zero-order valence-electron chi connectivity index (χ0n) is 25.3. The first-order valence-electron chi connectivity index (χ1n) is 15.5. The molecular weight excluding hydrogens is 621 g/mol. The molecule has 3 N–H and O–H groups in total. The van der Waals surface area contributed by atoms with Crippen molar-refractivity contribution in [2.45, 2.75) is 50.7 Å². The number of alkyl halides is 1. The van der Waals surface area contributed by atoms with Crippen molar-refractivity contribution < 1.29 is 31.4 Å². The number of piperidine rings is 1. The maximum absolute atomic E-state index is 16.7. The predicted octanol–water partition coefficient (Wildman–Crippen LogP) is 4.60. The molecule has 3 fully saturated rings. The van der Waals surface area contributed by atoms with Crippen molar-refractivity contribution in [1.82, 2.24) is 19.9 Å². The molecule has 0 radical (unpaired) electrons. The number of hydrogen-bond donors (Lipinski definition) is 2. The summed E-state index contributed by atoms with van der Waals surface area (Å²) in [6, 6.07) is 5.52. The Hall–Kier alpha value is -3.75. The summed E-state index contributed by atoms with van der Waals surface area (Å²) in [5.41, 5.74) is -0.257. The smallest absolute Gasteiger partial charge is 0.319 e. The number of phenols is 1. The van der Waals surface area contributed by atoms with Crippen LogP contribution >= 0.6 is 0 Å². The van der Waals surface area contributed by atoms with Crippen LogP contribution in [0.2, 0.25) is 0 Å². The lowest BCUT2D eigenvalue weighted by molar-refractivity contribution is 0.107. The van der Waals surface area contributed by atoms with Crippen LogP contribution in [0.15, 0.2) is 30.5 Å². The number of sulfonamides is 1. The molecule has 5 heterocycles. The van der Waals surface area contributed by atoms with E-state index in [4.69, 9.17) is 9.88 Å². The SMILES string of the molecule is Cc1c(F)ccc2cc(O)cc(-c3ncc4c(N5CCCC(CS(N)(=O)=O)C5)nc(OC[C@@]56CCCN5C[C@H](F)C6)nc4c3F)c12. The molecule has 2 aromatic carbocycles. The van der Waals surface area contributed by atoms with Crippen LogP contribution in [0.1, 0.15) is 37.7 Å². The summed E-state index contributed by atoms with van der Waals surface area (Å²) in [7, 11) is -3.72. The van der Waals surface area contributed by atoms with Gasteiger partial charge in [-0.2, -0.15) is 9.97 Å². The van der Waals surface area contributed by atoms with Crippen LogP contribution in [0.3, 0.4) is 0 Å². The third-order valence-corrected chi connectivity index (χ3v) is 10.6. The third kappa shape index (κ3) is 5.60. The summed E-state index contributed by atoms with van der Waals surface area (Å²) in [4.78, 5) is 17.6. The molecule has 7 rings (SSSR count). The highest BCUT2D eigenvalue weighted by Gasteiger charge is 2.49. The lowest BCUT2D eigenvalue weighted by Crippen LogP contribution is -2.43. The quantitative estimate of drug-likeness (QED) is 0.293. The molecule has 0 spiro atoms. The Labute approximate surface area is 264 Å². The van der Waals surface area contributed by atoms with Gasteiger partial charge in [0.1, 0.15) is 41.4 Å². The van der Waals surface area contributed by atoms with Crippen LogP contribution in [-0.2, 0) is 10.0 Å². The Morgan fingerprint density at radius 2 is 1.98 bits per heavy atom. The zero-order chi connectivity index (χ0) is 32.4. The second kappa shape index (κ2) is 11.5. The highest BCUT2D eigenvalue weighted by atomic mass is 32.2. The van der Waals surface area contributed by atoms with E-state index in [1.54, 1.807) is 6.92 Å². The van der Waals surface area contributed by atoms with Gasteiger partial charge in [0.2, 0.25) is 10.0 Å². The summed E-state index contributed by atoms with van der Waals surface area (Å²) < 4.78 is 75.8. The van der Waals surface area contributed by atoms with E-state index < -0.39 is 33.4 Å².